The Morgan fingerprint density at radius 1 is 1.23 bits per heavy atom. The molecule has 0 fully saturated rings. The molecule has 0 aromatic carbocycles. The highest BCUT2D eigenvalue weighted by molar-refractivity contribution is 8.00. The van der Waals surface area contributed by atoms with Crippen LogP contribution in [0.5, 0.6) is 0 Å². The van der Waals surface area contributed by atoms with Crippen LogP contribution in [0.4, 0.5) is 0 Å². The predicted molar refractivity (Wildman–Crippen MR) is 103 cm³/mol. The minimum absolute atomic E-state index is 0.297. The number of ether oxygens (including phenoxy) is 1. The number of esters is 1. The third-order valence-electron chi connectivity index (χ3n) is 4.19. The van der Waals surface area contributed by atoms with E-state index in [2.05, 4.69) is 4.98 Å². The molecule has 0 N–H and O–H groups in total. The lowest BCUT2D eigenvalue weighted by Gasteiger charge is -2.18. The van der Waals surface area contributed by atoms with E-state index in [0.717, 1.165) is 23.0 Å². The van der Waals surface area contributed by atoms with Gasteiger partial charge in [-0.05, 0) is 25.3 Å². The van der Waals surface area contributed by atoms with Crippen molar-refractivity contribution in [1.29, 1.82) is 0 Å². The van der Waals surface area contributed by atoms with E-state index >= 15 is 0 Å². The van der Waals surface area contributed by atoms with Gasteiger partial charge in [0.2, 0.25) is 0 Å². The van der Waals surface area contributed by atoms with Crippen LogP contribution in [0, 0.1) is 0 Å². The van der Waals surface area contributed by atoms with E-state index in [1.54, 1.807) is 20.2 Å². The van der Waals surface area contributed by atoms with Gasteiger partial charge < -0.3 is 4.74 Å². The summed E-state index contributed by atoms with van der Waals surface area (Å²) < 4.78 is 7.60. The van der Waals surface area contributed by atoms with Crippen LogP contribution in [-0.2, 0) is 30.0 Å². The van der Waals surface area contributed by atoms with Crippen molar-refractivity contribution in [2.75, 3.05) is 6.61 Å². The molecule has 2 rings (SSSR count). The van der Waals surface area contributed by atoms with Crippen LogP contribution in [0.2, 0.25) is 0 Å². The summed E-state index contributed by atoms with van der Waals surface area (Å²) in [6.45, 7) is 6.03. The highest BCUT2D eigenvalue weighted by Gasteiger charge is 2.24. The molecule has 0 spiro atoms. The van der Waals surface area contributed by atoms with Crippen molar-refractivity contribution in [3.05, 3.63) is 32.6 Å². The van der Waals surface area contributed by atoms with E-state index < -0.39 is 16.5 Å². The van der Waals surface area contributed by atoms with Gasteiger partial charge in [-0.1, -0.05) is 20.3 Å². The number of aromatic nitrogens is 3. The number of fused-ring (bicyclic) bond motifs is 1. The van der Waals surface area contributed by atoms with Gasteiger partial charge >= 0.3 is 11.7 Å². The Balaban J connectivity index is 2.75. The summed E-state index contributed by atoms with van der Waals surface area (Å²) in [5, 5.41) is -0.0357. The summed E-state index contributed by atoms with van der Waals surface area (Å²) in [6.07, 6.45) is 3.88. The first-order valence-corrected chi connectivity index (χ1v) is 9.66. The number of hydrogen-bond donors (Lipinski definition) is 0. The normalized spacial score (nSPS) is 12.3. The zero-order chi connectivity index (χ0) is 19.4. The van der Waals surface area contributed by atoms with E-state index in [0.29, 0.717) is 29.0 Å². The summed E-state index contributed by atoms with van der Waals surface area (Å²) in [4.78, 5) is 42.4. The van der Waals surface area contributed by atoms with Crippen LogP contribution in [0.1, 0.15) is 39.2 Å². The van der Waals surface area contributed by atoms with Crippen LogP contribution in [0.15, 0.2) is 20.7 Å². The molecule has 0 saturated heterocycles. The molecule has 2 aromatic rings. The number of aryl methyl sites for hydroxylation is 2. The molecule has 0 saturated carbocycles. The SMILES string of the molecule is CCCc1cnc2c(c1S[C@H](CC)C(=O)OCC)c(=O)n(C)c(=O)n2C. The third-order valence-corrected chi connectivity index (χ3v) is 5.71. The largest absolute Gasteiger partial charge is 0.465 e. The maximum absolute atomic E-state index is 12.8. The minimum Gasteiger partial charge on any atom is -0.465 e. The van der Waals surface area contributed by atoms with E-state index in [4.69, 9.17) is 4.74 Å². The average Bonchev–Trinajstić information content (AvgIpc) is 2.63. The third kappa shape index (κ3) is 3.70. The fourth-order valence-electron chi connectivity index (χ4n) is 2.80. The van der Waals surface area contributed by atoms with Gasteiger partial charge in [-0.25, -0.2) is 9.78 Å². The van der Waals surface area contributed by atoms with Crippen molar-refractivity contribution < 1.29 is 9.53 Å². The smallest absolute Gasteiger partial charge is 0.332 e. The summed E-state index contributed by atoms with van der Waals surface area (Å²) >= 11 is 1.33. The second-order valence-corrected chi connectivity index (χ2v) is 7.25. The van der Waals surface area contributed by atoms with E-state index in [1.165, 1.54) is 23.4 Å². The van der Waals surface area contributed by atoms with Gasteiger partial charge in [0.25, 0.3) is 5.56 Å². The molecule has 26 heavy (non-hydrogen) atoms. The molecule has 0 aliphatic heterocycles. The lowest BCUT2D eigenvalue weighted by molar-refractivity contribution is -0.142. The van der Waals surface area contributed by atoms with Gasteiger partial charge in [-0.15, -0.1) is 11.8 Å². The van der Waals surface area contributed by atoms with Crippen molar-refractivity contribution >= 4 is 28.8 Å². The molecule has 0 unspecified atom stereocenters. The predicted octanol–water partition coefficient (Wildman–Crippen LogP) is 2.02. The lowest BCUT2D eigenvalue weighted by atomic mass is 10.1. The topological polar surface area (TPSA) is 83.2 Å². The van der Waals surface area contributed by atoms with Crippen LogP contribution in [0.25, 0.3) is 11.0 Å². The molecule has 0 aliphatic rings. The summed E-state index contributed by atoms with van der Waals surface area (Å²) in [7, 11) is 3.04. The van der Waals surface area contributed by atoms with Crippen molar-refractivity contribution in [2.24, 2.45) is 14.1 Å². The first-order valence-electron chi connectivity index (χ1n) is 8.78. The van der Waals surface area contributed by atoms with Gasteiger partial charge in [0.15, 0.2) is 0 Å². The molecular formula is C18H25N3O4S. The van der Waals surface area contributed by atoms with Crippen LogP contribution in [0.3, 0.4) is 0 Å². The van der Waals surface area contributed by atoms with E-state index in [9.17, 15) is 14.4 Å². The van der Waals surface area contributed by atoms with Gasteiger partial charge in [0, 0.05) is 25.2 Å². The van der Waals surface area contributed by atoms with E-state index in [-0.39, 0.29) is 5.97 Å². The number of carbonyl (C=O) groups is 1. The standard InChI is InChI=1S/C18H25N3O4S/c1-6-9-11-10-19-15-13(16(22)21(5)18(24)20(15)4)14(11)26-12(7-2)17(23)25-8-3/h10,12H,6-9H2,1-5H3/t12-/m1/s1. The second kappa shape index (κ2) is 8.53. The Kier molecular flexibility index (Phi) is 6.63. The number of thioether (sulfide) groups is 1. The zero-order valence-corrected chi connectivity index (χ0v) is 16.7. The van der Waals surface area contributed by atoms with E-state index in [1.807, 2.05) is 13.8 Å². The number of hydrogen-bond acceptors (Lipinski definition) is 6. The molecule has 0 aliphatic carbocycles. The van der Waals surface area contributed by atoms with Gasteiger partial charge in [0.1, 0.15) is 10.9 Å². The molecular weight excluding hydrogens is 354 g/mol. The Bertz CT molecular complexity index is 933. The lowest BCUT2D eigenvalue weighted by Crippen LogP contribution is -2.37. The molecule has 142 valence electrons. The Hall–Kier alpha value is -2.09. The molecule has 0 radical (unpaired) electrons. The fourth-order valence-corrected chi connectivity index (χ4v) is 4.02. The highest BCUT2D eigenvalue weighted by Crippen LogP contribution is 2.33. The monoisotopic (exact) mass is 379 g/mol. The summed E-state index contributed by atoms with van der Waals surface area (Å²) in [5.74, 6) is -0.297. The summed E-state index contributed by atoms with van der Waals surface area (Å²) in [5.41, 5.74) is 0.420. The van der Waals surface area contributed by atoms with Crippen molar-refractivity contribution in [3.8, 4) is 0 Å². The quantitative estimate of drug-likeness (QED) is 0.541. The first-order chi connectivity index (χ1) is 12.4. The zero-order valence-electron chi connectivity index (χ0n) is 15.9. The molecule has 1 atom stereocenters. The number of rotatable bonds is 7. The van der Waals surface area contributed by atoms with Gasteiger partial charge in [-0.3, -0.25) is 18.7 Å². The van der Waals surface area contributed by atoms with Crippen molar-refractivity contribution in [3.63, 3.8) is 0 Å². The minimum atomic E-state index is -0.424. The number of carbonyl (C=O) groups excluding carboxylic acids is 1. The van der Waals surface area contributed by atoms with Crippen molar-refractivity contribution in [1.82, 2.24) is 14.1 Å². The molecule has 2 aromatic heterocycles. The fraction of sp³-hybridized carbons (Fsp3) is 0.556. The van der Waals surface area contributed by atoms with Crippen molar-refractivity contribution in [2.45, 2.75) is 50.2 Å². The Morgan fingerprint density at radius 2 is 1.92 bits per heavy atom. The van der Waals surface area contributed by atoms with Crippen LogP contribution >= 0.6 is 11.8 Å². The van der Waals surface area contributed by atoms with Crippen LogP contribution < -0.4 is 11.2 Å². The number of pyridine rings is 1. The van der Waals surface area contributed by atoms with Gasteiger partial charge in [0.05, 0.1) is 12.0 Å². The Morgan fingerprint density at radius 3 is 2.50 bits per heavy atom. The molecule has 7 nitrogen and oxygen atoms in total. The summed E-state index contributed by atoms with van der Waals surface area (Å²) in [6, 6.07) is 0. The Labute approximate surface area is 156 Å². The van der Waals surface area contributed by atoms with Crippen LogP contribution in [-0.4, -0.2) is 31.9 Å². The molecule has 0 bridgehead atoms. The number of nitrogens with zero attached hydrogens (tertiary/aromatic N) is 3. The highest BCUT2D eigenvalue weighted by atomic mass is 32.2. The average molecular weight is 379 g/mol. The first kappa shape index (κ1) is 20.2. The molecule has 0 amide bonds. The maximum atomic E-state index is 12.8. The maximum Gasteiger partial charge on any atom is 0.332 e. The second-order valence-electron chi connectivity index (χ2n) is 6.03. The molecule has 2 heterocycles. The molecule has 8 heteroatoms. The van der Waals surface area contributed by atoms with Gasteiger partial charge in [-0.2, -0.15) is 0 Å².